The molecule has 112 valence electrons. The molecule has 1 fully saturated rings. The molecule has 0 heterocycles. The van der Waals surface area contributed by atoms with Crippen LogP contribution in [0.5, 0.6) is 0 Å². The van der Waals surface area contributed by atoms with Gasteiger partial charge in [0.25, 0.3) is 0 Å². The molecule has 1 saturated carbocycles. The van der Waals surface area contributed by atoms with Gasteiger partial charge in [-0.15, -0.1) is 0 Å². The number of hydrogen-bond donors (Lipinski definition) is 0. The summed E-state index contributed by atoms with van der Waals surface area (Å²) >= 11 is 0. The van der Waals surface area contributed by atoms with Gasteiger partial charge in [-0.25, -0.2) is 4.79 Å². The maximum absolute atomic E-state index is 12.0. The molecule has 0 spiro atoms. The first-order valence-corrected chi connectivity index (χ1v) is 6.91. The van der Waals surface area contributed by atoms with Crippen LogP contribution in [0.4, 0.5) is 4.79 Å². The molecular formula is C14H23N3O3. The van der Waals surface area contributed by atoms with Gasteiger partial charge in [0.15, 0.2) is 0 Å². The molecule has 20 heavy (non-hydrogen) atoms. The molecule has 1 aliphatic carbocycles. The fraction of sp³-hybridized carbons (Fsp3) is 0.786. The minimum Gasteiger partial charge on any atom is -0.444 e. The number of ketones is 1. The number of carbonyl (C=O) groups excluding carboxylic acids is 2. The van der Waals surface area contributed by atoms with Crippen molar-refractivity contribution in [1.82, 2.24) is 4.90 Å². The molecule has 1 rings (SSSR count). The van der Waals surface area contributed by atoms with Crippen LogP contribution in [0.3, 0.4) is 0 Å². The van der Waals surface area contributed by atoms with Crippen LogP contribution >= 0.6 is 0 Å². The summed E-state index contributed by atoms with van der Waals surface area (Å²) in [7, 11) is 1.73. The predicted molar refractivity (Wildman–Crippen MR) is 74.4 cm³/mol. The average Bonchev–Trinajstić information content (AvgIpc) is 2.36. The second-order valence-corrected chi connectivity index (χ2v) is 6.24. The topological polar surface area (TPSA) is 83.0 Å². The van der Waals surface area contributed by atoms with E-state index in [4.69, 9.17) is 10.3 Å². The molecule has 0 aliphatic heterocycles. The van der Waals surface area contributed by atoms with E-state index in [0.717, 1.165) is 19.1 Å². The molecular weight excluding hydrogens is 258 g/mol. The van der Waals surface area contributed by atoms with Crippen molar-refractivity contribution < 1.29 is 19.1 Å². The number of hydrogen-bond acceptors (Lipinski definition) is 3. The zero-order valence-electron chi connectivity index (χ0n) is 12.6. The minimum absolute atomic E-state index is 0.0972. The van der Waals surface area contributed by atoms with E-state index in [2.05, 4.69) is 4.79 Å². The van der Waals surface area contributed by atoms with Crippen LogP contribution in [0, 0.1) is 5.92 Å². The van der Waals surface area contributed by atoms with Crippen LogP contribution in [0.2, 0.25) is 0 Å². The van der Waals surface area contributed by atoms with E-state index < -0.39 is 5.60 Å². The smallest absolute Gasteiger partial charge is 0.410 e. The van der Waals surface area contributed by atoms with Gasteiger partial charge in [-0.05, 0) is 46.5 Å². The van der Waals surface area contributed by atoms with Crippen molar-refractivity contribution in [3.63, 3.8) is 0 Å². The van der Waals surface area contributed by atoms with Crippen molar-refractivity contribution in [2.45, 2.75) is 58.1 Å². The van der Waals surface area contributed by atoms with Crippen molar-refractivity contribution >= 4 is 18.1 Å². The highest BCUT2D eigenvalue weighted by Gasteiger charge is 2.32. The third kappa shape index (κ3) is 4.78. The Morgan fingerprint density at radius 1 is 1.25 bits per heavy atom. The molecule has 0 saturated heterocycles. The summed E-state index contributed by atoms with van der Waals surface area (Å²) in [4.78, 5) is 27.9. The summed E-state index contributed by atoms with van der Waals surface area (Å²) < 4.78 is 5.33. The third-order valence-corrected chi connectivity index (χ3v) is 3.51. The van der Waals surface area contributed by atoms with Gasteiger partial charge in [0.05, 0.1) is 0 Å². The second-order valence-electron chi connectivity index (χ2n) is 6.24. The lowest BCUT2D eigenvalue weighted by molar-refractivity contribution is -0.120. The second kappa shape index (κ2) is 6.66. The van der Waals surface area contributed by atoms with Crippen LogP contribution in [-0.2, 0) is 9.53 Å². The Bertz CT molecular complexity index is 414. The highest BCUT2D eigenvalue weighted by molar-refractivity contribution is 6.26. The Morgan fingerprint density at radius 3 is 2.25 bits per heavy atom. The molecule has 0 aromatic rings. The van der Waals surface area contributed by atoms with E-state index in [9.17, 15) is 9.59 Å². The van der Waals surface area contributed by atoms with Crippen LogP contribution in [0.15, 0.2) is 0 Å². The van der Waals surface area contributed by atoms with Crippen molar-refractivity contribution in [2.75, 3.05) is 7.05 Å². The summed E-state index contributed by atoms with van der Waals surface area (Å²) in [6.45, 7) is 5.51. The number of ether oxygens (including phenoxy) is 1. The van der Waals surface area contributed by atoms with Crippen LogP contribution in [0.25, 0.3) is 5.53 Å². The van der Waals surface area contributed by atoms with Crippen LogP contribution < -0.4 is 0 Å². The molecule has 0 radical (unpaired) electrons. The molecule has 0 N–H and O–H groups in total. The Kier molecular flexibility index (Phi) is 5.45. The van der Waals surface area contributed by atoms with Crippen LogP contribution in [-0.4, -0.2) is 46.5 Å². The monoisotopic (exact) mass is 281 g/mol. The van der Waals surface area contributed by atoms with Gasteiger partial charge >= 0.3 is 12.3 Å². The number of nitrogens with zero attached hydrogens (tertiary/aromatic N) is 3. The number of Topliss-reactive ketones (excluding diaryl/α,β-unsaturated/α-hetero) is 1. The summed E-state index contributed by atoms with van der Waals surface area (Å²) in [6.07, 6.45) is 3.54. The molecule has 1 amide bonds. The van der Waals surface area contributed by atoms with Crippen molar-refractivity contribution in [3.8, 4) is 0 Å². The Hall–Kier alpha value is -1.68. The van der Waals surface area contributed by atoms with E-state index in [1.54, 1.807) is 11.9 Å². The summed E-state index contributed by atoms with van der Waals surface area (Å²) in [6, 6.07) is 0.0972. The van der Waals surface area contributed by atoms with Gasteiger partial charge < -0.3 is 15.2 Å². The molecule has 0 aromatic carbocycles. The lowest BCUT2D eigenvalue weighted by atomic mass is 9.83. The fourth-order valence-corrected chi connectivity index (χ4v) is 2.39. The quantitative estimate of drug-likeness (QED) is 0.452. The molecule has 0 unspecified atom stereocenters. The Labute approximate surface area is 119 Å². The van der Waals surface area contributed by atoms with Gasteiger partial charge in [0.2, 0.25) is 5.78 Å². The maximum atomic E-state index is 12.0. The van der Waals surface area contributed by atoms with E-state index in [-0.39, 0.29) is 23.8 Å². The molecule has 6 heteroatoms. The fourth-order valence-electron chi connectivity index (χ4n) is 2.39. The van der Waals surface area contributed by atoms with Crippen LogP contribution in [0.1, 0.15) is 46.5 Å². The van der Waals surface area contributed by atoms with Gasteiger partial charge in [-0.2, -0.15) is 4.79 Å². The van der Waals surface area contributed by atoms with Gasteiger partial charge in [-0.1, -0.05) is 0 Å². The van der Waals surface area contributed by atoms with Gasteiger partial charge in [0.1, 0.15) is 5.60 Å². The van der Waals surface area contributed by atoms with Crippen molar-refractivity contribution in [3.05, 3.63) is 5.53 Å². The summed E-state index contributed by atoms with van der Waals surface area (Å²) in [5.74, 6) is -0.250. The normalized spacial score (nSPS) is 22.6. The molecule has 1 aliphatic rings. The molecule has 0 atom stereocenters. The molecule has 6 nitrogen and oxygen atoms in total. The number of carbonyl (C=O) groups is 2. The lowest BCUT2D eigenvalue weighted by Gasteiger charge is -2.34. The summed E-state index contributed by atoms with van der Waals surface area (Å²) in [5.41, 5.74) is 7.86. The Balaban J connectivity index is 2.50. The van der Waals surface area contributed by atoms with Gasteiger partial charge in [-0.3, -0.25) is 4.79 Å². The average molecular weight is 281 g/mol. The van der Waals surface area contributed by atoms with Crippen molar-refractivity contribution in [1.29, 1.82) is 0 Å². The predicted octanol–water partition coefficient (Wildman–Crippen LogP) is 2.28. The van der Waals surface area contributed by atoms with E-state index in [0.29, 0.717) is 12.8 Å². The van der Waals surface area contributed by atoms with Crippen molar-refractivity contribution in [2.24, 2.45) is 5.92 Å². The van der Waals surface area contributed by atoms with Gasteiger partial charge in [0, 0.05) is 19.0 Å². The number of amides is 1. The maximum Gasteiger partial charge on any atom is 0.410 e. The first kappa shape index (κ1) is 16.4. The zero-order valence-corrected chi connectivity index (χ0v) is 12.6. The van der Waals surface area contributed by atoms with E-state index in [1.165, 1.54) is 0 Å². The molecule has 0 bridgehead atoms. The standard InChI is InChI=1S/C14H23N3O3/c1-14(2,3)20-13(19)17(4)11-7-5-10(6-8-11)12(18)9-16-15/h9-11H,5-8H2,1-4H3. The Morgan fingerprint density at radius 2 is 1.80 bits per heavy atom. The first-order chi connectivity index (χ1) is 9.24. The minimum atomic E-state index is -0.504. The summed E-state index contributed by atoms with van der Waals surface area (Å²) in [5, 5.41) is 0. The van der Waals surface area contributed by atoms with E-state index >= 15 is 0 Å². The largest absolute Gasteiger partial charge is 0.444 e. The number of rotatable bonds is 3. The SMILES string of the molecule is CN(C(=O)OC(C)(C)C)C1CCC(C(=O)C=[N+]=[N-])CC1. The zero-order chi connectivity index (χ0) is 15.3. The highest BCUT2D eigenvalue weighted by atomic mass is 16.6. The first-order valence-electron chi connectivity index (χ1n) is 6.91. The third-order valence-electron chi connectivity index (χ3n) is 3.51. The van der Waals surface area contributed by atoms with E-state index in [1.807, 2.05) is 20.8 Å². The lowest BCUT2D eigenvalue weighted by Crippen LogP contribution is -2.43. The highest BCUT2D eigenvalue weighted by Crippen LogP contribution is 2.28. The molecule has 0 aromatic heterocycles.